The zero-order chi connectivity index (χ0) is 11.3. The van der Waals surface area contributed by atoms with Crippen molar-refractivity contribution >= 4 is 11.9 Å². The van der Waals surface area contributed by atoms with Gasteiger partial charge in [0.15, 0.2) is 0 Å². The van der Waals surface area contributed by atoms with Crippen LogP contribution >= 0.6 is 0 Å². The quantitative estimate of drug-likeness (QED) is 0.461. The summed E-state index contributed by atoms with van der Waals surface area (Å²) in [5, 5.41) is 22.8. The van der Waals surface area contributed by atoms with E-state index in [1.165, 1.54) is 0 Å². The molecule has 0 saturated carbocycles. The molecule has 86 valence electrons. The Kier molecular flexibility index (Phi) is 4.51. The van der Waals surface area contributed by atoms with Crippen LogP contribution in [0.25, 0.3) is 0 Å². The van der Waals surface area contributed by atoms with Crippen molar-refractivity contribution in [2.24, 2.45) is 5.92 Å². The molecule has 1 fully saturated rings. The lowest BCUT2D eigenvalue weighted by atomic mass is 9.97. The van der Waals surface area contributed by atoms with Gasteiger partial charge in [0, 0.05) is 5.92 Å². The SMILES string of the molecule is O=C(N[C@H](CO)C(=O)O)C1CCNCC1. The van der Waals surface area contributed by atoms with Crippen molar-refractivity contribution in [2.45, 2.75) is 18.9 Å². The maximum atomic E-state index is 11.6. The summed E-state index contributed by atoms with van der Waals surface area (Å²) in [5.74, 6) is -1.63. The molecule has 1 heterocycles. The zero-order valence-corrected chi connectivity index (χ0v) is 8.40. The summed E-state index contributed by atoms with van der Waals surface area (Å²) in [7, 11) is 0. The van der Waals surface area contributed by atoms with Gasteiger partial charge in [-0.05, 0) is 25.9 Å². The minimum absolute atomic E-state index is 0.139. The number of aliphatic hydroxyl groups is 1. The zero-order valence-electron chi connectivity index (χ0n) is 8.40. The predicted octanol–water partition coefficient (Wildman–Crippen LogP) is -1.45. The third-order valence-electron chi connectivity index (χ3n) is 2.51. The lowest BCUT2D eigenvalue weighted by molar-refractivity contribution is -0.143. The van der Waals surface area contributed by atoms with E-state index in [2.05, 4.69) is 10.6 Å². The van der Waals surface area contributed by atoms with E-state index in [0.717, 1.165) is 13.1 Å². The van der Waals surface area contributed by atoms with Gasteiger partial charge in [0.05, 0.1) is 6.61 Å². The van der Waals surface area contributed by atoms with Crippen LogP contribution in [0, 0.1) is 5.92 Å². The first-order chi connectivity index (χ1) is 7.15. The van der Waals surface area contributed by atoms with Crippen molar-refractivity contribution in [1.29, 1.82) is 0 Å². The van der Waals surface area contributed by atoms with E-state index >= 15 is 0 Å². The maximum Gasteiger partial charge on any atom is 0.328 e. The average molecular weight is 216 g/mol. The highest BCUT2D eigenvalue weighted by Crippen LogP contribution is 2.11. The van der Waals surface area contributed by atoms with Crippen LogP contribution in [0.4, 0.5) is 0 Å². The number of aliphatic carboxylic acids is 1. The van der Waals surface area contributed by atoms with Crippen LogP contribution in [0.15, 0.2) is 0 Å². The number of carbonyl (C=O) groups is 2. The van der Waals surface area contributed by atoms with Crippen LogP contribution in [0.2, 0.25) is 0 Å². The summed E-state index contributed by atoms with van der Waals surface area (Å²) in [5.41, 5.74) is 0. The number of nitrogens with one attached hydrogen (secondary N) is 2. The van der Waals surface area contributed by atoms with E-state index in [4.69, 9.17) is 10.2 Å². The summed E-state index contributed by atoms with van der Waals surface area (Å²) >= 11 is 0. The Morgan fingerprint density at radius 2 is 2.00 bits per heavy atom. The number of carboxylic acids is 1. The second-order valence-electron chi connectivity index (χ2n) is 3.61. The molecule has 6 heteroatoms. The number of carbonyl (C=O) groups excluding carboxylic acids is 1. The lowest BCUT2D eigenvalue weighted by Gasteiger charge is -2.23. The van der Waals surface area contributed by atoms with Gasteiger partial charge in [-0.15, -0.1) is 0 Å². The monoisotopic (exact) mass is 216 g/mol. The van der Waals surface area contributed by atoms with Crippen molar-refractivity contribution in [1.82, 2.24) is 10.6 Å². The van der Waals surface area contributed by atoms with Gasteiger partial charge in [-0.25, -0.2) is 4.79 Å². The minimum Gasteiger partial charge on any atom is -0.480 e. The van der Waals surface area contributed by atoms with Gasteiger partial charge in [-0.3, -0.25) is 4.79 Å². The van der Waals surface area contributed by atoms with E-state index in [9.17, 15) is 9.59 Å². The van der Waals surface area contributed by atoms with Crippen molar-refractivity contribution in [3.05, 3.63) is 0 Å². The molecule has 1 atom stereocenters. The molecule has 1 saturated heterocycles. The number of hydrogen-bond donors (Lipinski definition) is 4. The van der Waals surface area contributed by atoms with Crippen molar-refractivity contribution in [3.8, 4) is 0 Å². The normalized spacial score (nSPS) is 19.5. The Hall–Kier alpha value is -1.14. The topological polar surface area (TPSA) is 98.7 Å². The highest BCUT2D eigenvalue weighted by Gasteiger charge is 2.25. The molecule has 0 bridgehead atoms. The largest absolute Gasteiger partial charge is 0.480 e. The molecule has 0 aromatic rings. The summed E-state index contributed by atoms with van der Waals surface area (Å²) < 4.78 is 0. The summed E-state index contributed by atoms with van der Waals surface area (Å²) in [6.07, 6.45) is 1.42. The van der Waals surface area contributed by atoms with Gasteiger partial charge >= 0.3 is 5.97 Å². The fourth-order valence-electron chi connectivity index (χ4n) is 1.56. The second-order valence-corrected chi connectivity index (χ2v) is 3.61. The summed E-state index contributed by atoms with van der Waals surface area (Å²) in [4.78, 5) is 22.1. The Bertz CT molecular complexity index is 238. The van der Waals surface area contributed by atoms with Gasteiger partial charge in [0.1, 0.15) is 6.04 Å². The smallest absolute Gasteiger partial charge is 0.328 e. The molecule has 1 aliphatic rings. The van der Waals surface area contributed by atoms with Crippen molar-refractivity contribution < 1.29 is 19.8 Å². The molecule has 0 spiro atoms. The van der Waals surface area contributed by atoms with E-state index < -0.39 is 18.6 Å². The van der Waals surface area contributed by atoms with Gasteiger partial charge in [0.25, 0.3) is 0 Å². The van der Waals surface area contributed by atoms with Gasteiger partial charge in [-0.1, -0.05) is 0 Å². The molecule has 1 rings (SSSR count). The molecule has 0 unspecified atom stereocenters. The third kappa shape index (κ3) is 3.49. The highest BCUT2D eigenvalue weighted by atomic mass is 16.4. The molecular weight excluding hydrogens is 200 g/mol. The number of aliphatic hydroxyl groups excluding tert-OH is 1. The summed E-state index contributed by atoms with van der Waals surface area (Å²) in [6.45, 7) is 0.968. The molecule has 1 amide bonds. The first-order valence-electron chi connectivity index (χ1n) is 5.00. The first-order valence-corrected chi connectivity index (χ1v) is 5.00. The summed E-state index contributed by atoms with van der Waals surface area (Å²) in [6, 6.07) is -1.19. The van der Waals surface area contributed by atoms with Gasteiger partial charge in [0.2, 0.25) is 5.91 Å². The molecule has 0 aromatic carbocycles. The molecule has 0 aromatic heterocycles. The van der Waals surface area contributed by atoms with Crippen LogP contribution in [0.3, 0.4) is 0 Å². The molecule has 0 aliphatic carbocycles. The van der Waals surface area contributed by atoms with Crippen molar-refractivity contribution in [3.63, 3.8) is 0 Å². The maximum absolute atomic E-state index is 11.6. The van der Waals surface area contributed by atoms with E-state index in [-0.39, 0.29) is 11.8 Å². The molecule has 0 radical (unpaired) electrons. The number of hydrogen-bond acceptors (Lipinski definition) is 4. The Morgan fingerprint density at radius 1 is 1.40 bits per heavy atom. The Balaban J connectivity index is 2.42. The van der Waals surface area contributed by atoms with E-state index in [0.29, 0.717) is 12.8 Å². The van der Waals surface area contributed by atoms with E-state index in [1.807, 2.05) is 0 Å². The van der Waals surface area contributed by atoms with E-state index in [1.54, 1.807) is 0 Å². The Morgan fingerprint density at radius 3 is 2.47 bits per heavy atom. The number of amides is 1. The first kappa shape index (κ1) is 11.9. The molecule has 15 heavy (non-hydrogen) atoms. The molecule has 4 N–H and O–H groups in total. The van der Waals surface area contributed by atoms with Crippen LogP contribution in [-0.2, 0) is 9.59 Å². The average Bonchev–Trinajstić information content (AvgIpc) is 2.26. The van der Waals surface area contributed by atoms with Gasteiger partial charge < -0.3 is 20.8 Å². The standard InChI is InChI=1S/C9H16N2O4/c12-5-7(9(14)15)11-8(13)6-1-3-10-4-2-6/h6-7,10,12H,1-5H2,(H,11,13)(H,14,15)/t7-/m1/s1. The van der Waals surface area contributed by atoms with Crippen LogP contribution in [-0.4, -0.2) is 47.8 Å². The number of rotatable bonds is 4. The predicted molar refractivity (Wildman–Crippen MR) is 52.2 cm³/mol. The molecular formula is C9H16N2O4. The fourth-order valence-corrected chi connectivity index (χ4v) is 1.56. The Labute approximate surface area is 87.7 Å². The number of piperidine rings is 1. The van der Waals surface area contributed by atoms with Gasteiger partial charge in [-0.2, -0.15) is 0 Å². The van der Waals surface area contributed by atoms with Crippen LogP contribution < -0.4 is 10.6 Å². The highest BCUT2D eigenvalue weighted by molar-refractivity contribution is 5.85. The molecule has 6 nitrogen and oxygen atoms in total. The molecule has 1 aliphatic heterocycles. The third-order valence-corrected chi connectivity index (χ3v) is 2.51. The van der Waals surface area contributed by atoms with Crippen molar-refractivity contribution in [2.75, 3.05) is 19.7 Å². The number of carboxylic acid groups (broad SMARTS) is 1. The van der Waals surface area contributed by atoms with Crippen LogP contribution in [0.5, 0.6) is 0 Å². The lowest BCUT2D eigenvalue weighted by Crippen LogP contribution is -2.47. The van der Waals surface area contributed by atoms with Crippen LogP contribution in [0.1, 0.15) is 12.8 Å². The minimum atomic E-state index is -1.21. The second kappa shape index (κ2) is 5.67. The fraction of sp³-hybridized carbons (Fsp3) is 0.778.